The van der Waals surface area contributed by atoms with Gasteiger partial charge < -0.3 is 14.2 Å². The van der Waals surface area contributed by atoms with Crippen molar-refractivity contribution in [3.8, 4) is 34.7 Å². The topological polar surface area (TPSA) is 64.4 Å². The Hall–Kier alpha value is -5.08. The summed E-state index contributed by atoms with van der Waals surface area (Å²) in [4.78, 5) is 4.72. The van der Waals surface area contributed by atoms with Crippen molar-refractivity contribution in [2.75, 3.05) is 0 Å². The molecule has 0 radical (unpaired) electrons. The Balaban J connectivity index is 1.47. The summed E-state index contributed by atoms with van der Waals surface area (Å²) in [5.74, 6) is 1.46. The Morgan fingerprint density at radius 3 is 1.66 bits per heavy atom. The summed E-state index contributed by atoms with van der Waals surface area (Å²) in [5.41, 5.74) is 5.15. The molecular formula is C33H26N2O3. The van der Waals surface area contributed by atoms with Gasteiger partial charge in [-0.05, 0) is 41.0 Å². The molecule has 0 spiro atoms. The molecule has 0 aliphatic carbocycles. The SMILES string of the molecule is N#Cc1ccc(-c2ccc(OCc3ccccc3)nc2OCc2ccccc2)c(OCc2ccccc2)c1. The van der Waals surface area contributed by atoms with E-state index in [4.69, 9.17) is 19.2 Å². The summed E-state index contributed by atoms with van der Waals surface area (Å²) in [6.45, 7) is 1.11. The Morgan fingerprint density at radius 1 is 0.553 bits per heavy atom. The molecular weight excluding hydrogens is 472 g/mol. The van der Waals surface area contributed by atoms with Crippen LogP contribution in [0.25, 0.3) is 11.1 Å². The number of nitrogens with zero attached hydrogens (tertiary/aromatic N) is 2. The van der Waals surface area contributed by atoms with Gasteiger partial charge in [0.2, 0.25) is 11.8 Å². The van der Waals surface area contributed by atoms with Gasteiger partial charge in [0.25, 0.3) is 0 Å². The fourth-order valence-corrected chi connectivity index (χ4v) is 3.95. The van der Waals surface area contributed by atoms with Gasteiger partial charge >= 0.3 is 0 Å². The maximum Gasteiger partial charge on any atom is 0.225 e. The molecule has 186 valence electrons. The molecule has 0 N–H and O–H groups in total. The number of hydrogen-bond donors (Lipinski definition) is 0. The Labute approximate surface area is 222 Å². The average Bonchev–Trinajstić information content (AvgIpc) is 2.99. The summed E-state index contributed by atoms with van der Waals surface area (Å²) in [6, 6.07) is 41.1. The van der Waals surface area contributed by atoms with Gasteiger partial charge in [0, 0.05) is 17.2 Å². The van der Waals surface area contributed by atoms with Crippen molar-refractivity contribution in [3.05, 3.63) is 144 Å². The van der Waals surface area contributed by atoms with E-state index in [2.05, 4.69) is 6.07 Å². The van der Waals surface area contributed by atoms with Gasteiger partial charge in [0.15, 0.2) is 0 Å². The van der Waals surface area contributed by atoms with Crippen molar-refractivity contribution < 1.29 is 14.2 Å². The fraction of sp³-hybridized carbons (Fsp3) is 0.0909. The lowest BCUT2D eigenvalue weighted by Crippen LogP contribution is -2.03. The molecule has 5 rings (SSSR count). The normalized spacial score (nSPS) is 10.4. The molecule has 0 aliphatic rings. The second-order valence-corrected chi connectivity index (χ2v) is 8.65. The van der Waals surface area contributed by atoms with Crippen molar-refractivity contribution in [2.24, 2.45) is 0 Å². The Kier molecular flexibility index (Phi) is 7.93. The average molecular weight is 499 g/mol. The molecule has 1 heterocycles. The maximum absolute atomic E-state index is 9.50. The second kappa shape index (κ2) is 12.2. The molecule has 0 saturated carbocycles. The van der Waals surface area contributed by atoms with Crippen LogP contribution in [0.15, 0.2) is 121 Å². The van der Waals surface area contributed by atoms with Crippen molar-refractivity contribution in [3.63, 3.8) is 0 Å². The van der Waals surface area contributed by atoms with E-state index in [1.165, 1.54) is 0 Å². The largest absolute Gasteiger partial charge is 0.488 e. The minimum atomic E-state index is 0.347. The van der Waals surface area contributed by atoms with Crippen molar-refractivity contribution >= 4 is 0 Å². The molecule has 5 heteroatoms. The number of ether oxygens (including phenoxy) is 3. The lowest BCUT2D eigenvalue weighted by molar-refractivity contribution is 0.268. The zero-order valence-electron chi connectivity index (χ0n) is 20.8. The third-order valence-corrected chi connectivity index (χ3v) is 5.92. The molecule has 1 aromatic heterocycles. The van der Waals surface area contributed by atoms with Crippen molar-refractivity contribution in [1.82, 2.24) is 4.98 Å². The van der Waals surface area contributed by atoms with Gasteiger partial charge in [-0.3, -0.25) is 0 Å². The van der Waals surface area contributed by atoms with Crippen LogP contribution < -0.4 is 14.2 Å². The van der Waals surface area contributed by atoms with Gasteiger partial charge in [-0.2, -0.15) is 10.2 Å². The van der Waals surface area contributed by atoms with Crippen LogP contribution in [0.5, 0.6) is 17.5 Å². The molecule has 0 unspecified atom stereocenters. The molecule has 0 bridgehead atoms. The van der Waals surface area contributed by atoms with Crippen LogP contribution in [0.4, 0.5) is 0 Å². The number of pyridine rings is 1. The van der Waals surface area contributed by atoms with Crippen molar-refractivity contribution in [2.45, 2.75) is 19.8 Å². The highest BCUT2D eigenvalue weighted by Gasteiger charge is 2.16. The van der Waals surface area contributed by atoms with E-state index in [0.29, 0.717) is 42.9 Å². The van der Waals surface area contributed by atoms with Crippen LogP contribution in [-0.2, 0) is 19.8 Å². The quantitative estimate of drug-likeness (QED) is 0.201. The molecule has 0 aliphatic heterocycles. The zero-order valence-corrected chi connectivity index (χ0v) is 20.8. The zero-order chi connectivity index (χ0) is 26.0. The molecule has 4 aromatic carbocycles. The van der Waals surface area contributed by atoms with Gasteiger partial charge in [-0.15, -0.1) is 0 Å². The summed E-state index contributed by atoms with van der Waals surface area (Å²) in [7, 11) is 0. The first kappa shape index (κ1) is 24.6. The van der Waals surface area contributed by atoms with Gasteiger partial charge in [-0.1, -0.05) is 91.0 Å². The standard InChI is InChI=1S/C33H26N2O3/c34-21-28-16-17-29(31(20-28)36-22-25-10-4-1-5-11-25)30-18-19-32(37-23-26-12-6-2-7-13-26)35-33(30)38-24-27-14-8-3-9-15-27/h1-20H,22-24H2. The number of rotatable bonds is 10. The highest BCUT2D eigenvalue weighted by Crippen LogP contribution is 2.38. The molecule has 38 heavy (non-hydrogen) atoms. The van der Waals surface area contributed by atoms with E-state index < -0.39 is 0 Å². The minimum Gasteiger partial charge on any atom is -0.488 e. The number of benzene rings is 4. The highest BCUT2D eigenvalue weighted by molar-refractivity contribution is 5.75. The van der Waals surface area contributed by atoms with E-state index >= 15 is 0 Å². The molecule has 5 nitrogen and oxygen atoms in total. The van der Waals surface area contributed by atoms with Crippen LogP contribution in [0.2, 0.25) is 0 Å². The van der Waals surface area contributed by atoms with Crippen LogP contribution in [0.1, 0.15) is 22.3 Å². The van der Waals surface area contributed by atoms with Gasteiger partial charge in [-0.25, -0.2) is 0 Å². The minimum absolute atomic E-state index is 0.347. The Morgan fingerprint density at radius 2 is 1.08 bits per heavy atom. The summed E-state index contributed by atoms with van der Waals surface area (Å²) in [5, 5.41) is 9.50. The summed E-state index contributed by atoms with van der Waals surface area (Å²) >= 11 is 0. The van der Waals surface area contributed by atoms with Gasteiger partial charge in [0.05, 0.1) is 11.6 Å². The summed E-state index contributed by atoms with van der Waals surface area (Å²) in [6.07, 6.45) is 0. The third-order valence-electron chi connectivity index (χ3n) is 5.92. The first-order valence-electron chi connectivity index (χ1n) is 12.3. The van der Waals surface area contributed by atoms with Crippen LogP contribution in [0.3, 0.4) is 0 Å². The van der Waals surface area contributed by atoms with E-state index in [1.54, 1.807) is 12.1 Å². The summed E-state index contributed by atoms with van der Waals surface area (Å²) < 4.78 is 18.4. The first-order valence-corrected chi connectivity index (χ1v) is 12.3. The number of aromatic nitrogens is 1. The molecule has 0 fully saturated rings. The van der Waals surface area contributed by atoms with E-state index in [-0.39, 0.29) is 0 Å². The number of nitriles is 1. The predicted molar refractivity (Wildman–Crippen MR) is 147 cm³/mol. The molecule has 0 saturated heterocycles. The molecule has 0 amide bonds. The highest BCUT2D eigenvalue weighted by atomic mass is 16.5. The monoisotopic (exact) mass is 498 g/mol. The first-order chi connectivity index (χ1) is 18.8. The van der Waals surface area contributed by atoms with Gasteiger partial charge in [0.1, 0.15) is 25.6 Å². The van der Waals surface area contributed by atoms with Crippen molar-refractivity contribution in [1.29, 1.82) is 5.26 Å². The Bertz CT molecular complexity index is 1520. The smallest absolute Gasteiger partial charge is 0.225 e. The van der Waals surface area contributed by atoms with E-state index in [1.807, 2.05) is 109 Å². The third kappa shape index (κ3) is 6.37. The fourth-order valence-electron chi connectivity index (χ4n) is 3.95. The number of hydrogen-bond acceptors (Lipinski definition) is 5. The van der Waals surface area contributed by atoms with Crippen LogP contribution >= 0.6 is 0 Å². The van der Waals surface area contributed by atoms with E-state index in [9.17, 15) is 5.26 Å². The predicted octanol–water partition coefficient (Wildman–Crippen LogP) is 7.36. The second-order valence-electron chi connectivity index (χ2n) is 8.65. The lowest BCUT2D eigenvalue weighted by Gasteiger charge is -2.16. The molecule has 5 aromatic rings. The lowest BCUT2D eigenvalue weighted by atomic mass is 10.0. The van der Waals surface area contributed by atoms with Crippen LogP contribution in [-0.4, -0.2) is 4.98 Å². The van der Waals surface area contributed by atoms with E-state index in [0.717, 1.165) is 27.8 Å². The maximum atomic E-state index is 9.50. The molecule has 0 atom stereocenters. The van der Waals surface area contributed by atoms with Crippen LogP contribution in [0, 0.1) is 11.3 Å².